The third-order valence-electron chi connectivity index (χ3n) is 2.93. The summed E-state index contributed by atoms with van der Waals surface area (Å²) in [5, 5.41) is 17.9. The number of nitrogens with zero attached hydrogens (tertiary/aromatic N) is 3. The molecule has 2 heterocycles. The first-order valence-electron chi connectivity index (χ1n) is 7.00. The van der Waals surface area contributed by atoms with E-state index in [0.29, 0.717) is 23.2 Å². The first kappa shape index (κ1) is 17.7. The molecule has 6 heteroatoms. The van der Waals surface area contributed by atoms with Gasteiger partial charge < -0.3 is 19.5 Å². The number of aromatic nitrogens is 2. The number of pyridine rings is 1. The number of imidazole rings is 1. The van der Waals surface area contributed by atoms with Crippen molar-refractivity contribution < 1.29 is 15.0 Å². The average molecular weight is 305 g/mol. The zero-order valence-corrected chi connectivity index (χ0v) is 13.5. The molecule has 0 spiro atoms. The molecule has 0 aliphatic heterocycles. The number of aliphatic hydroxyl groups excluding tert-OH is 1. The largest absolute Gasteiger partial charge is 0.504 e. The van der Waals surface area contributed by atoms with Crippen molar-refractivity contribution in [1.82, 2.24) is 14.3 Å². The van der Waals surface area contributed by atoms with Crippen LogP contribution in [-0.2, 0) is 6.42 Å². The van der Waals surface area contributed by atoms with Crippen molar-refractivity contribution in [2.45, 2.75) is 20.3 Å². The molecule has 1 amide bonds. The van der Waals surface area contributed by atoms with Gasteiger partial charge in [-0.15, -0.1) is 6.58 Å². The Hall–Kier alpha value is -2.34. The van der Waals surface area contributed by atoms with Gasteiger partial charge in [0.1, 0.15) is 0 Å². The molecule has 2 N–H and O–H groups in total. The van der Waals surface area contributed by atoms with Gasteiger partial charge in [-0.1, -0.05) is 6.08 Å². The fourth-order valence-electron chi connectivity index (χ4n) is 2.05. The summed E-state index contributed by atoms with van der Waals surface area (Å²) in [6.07, 6.45) is 5.56. The number of carbonyl (C=O) groups is 1. The number of rotatable bonds is 3. The summed E-state index contributed by atoms with van der Waals surface area (Å²) in [7, 11) is 3.36. The van der Waals surface area contributed by atoms with Gasteiger partial charge in [-0.2, -0.15) is 0 Å². The van der Waals surface area contributed by atoms with Gasteiger partial charge in [-0.25, -0.2) is 4.98 Å². The molecule has 2 rings (SSSR count). The minimum absolute atomic E-state index is 0.0423. The summed E-state index contributed by atoms with van der Waals surface area (Å²) in [5.41, 5.74) is 2.28. The number of aryl methyl sites for hydroxylation is 1. The highest BCUT2D eigenvalue weighted by atomic mass is 16.3. The van der Waals surface area contributed by atoms with E-state index in [2.05, 4.69) is 11.6 Å². The molecule has 0 atom stereocenters. The highest BCUT2D eigenvalue weighted by molar-refractivity contribution is 5.96. The minimum atomic E-state index is -0.152. The number of carbonyl (C=O) groups excluding carboxylic acids is 1. The Morgan fingerprint density at radius 1 is 1.45 bits per heavy atom. The maximum Gasteiger partial charge on any atom is 0.255 e. The average Bonchev–Trinajstić information content (AvgIpc) is 2.83. The molecule has 0 fully saturated rings. The van der Waals surface area contributed by atoms with Crippen LogP contribution in [0, 0.1) is 6.92 Å². The molecule has 2 aromatic heterocycles. The molecule has 0 radical (unpaired) electrons. The van der Waals surface area contributed by atoms with Crippen molar-refractivity contribution in [3.63, 3.8) is 0 Å². The standard InChI is InChI=1S/C14H17N3O2.C2H6O/c1-5-6-10-11(14(19)16(3)4)8-17-7-9(2)15-13(17)12(10)18;1-2-3/h5,7-8,18H,1,6H2,2-4H3;3H,2H2,1H3. The molecule has 0 aromatic carbocycles. The van der Waals surface area contributed by atoms with Crippen molar-refractivity contribution in [2.75, 3.05) is 20.7 Å². The van der Waals surface area contributed by atoms with Gasteiger partial charge in [-0.05, 0) is 20.3 Å². The van der Waals surface area contributed by atoms with Crippen LogP contribution in [0.25, 0.3) is 5.65 Å². The quantitative estimate of drug-likeness (QED) is 0.847. The lowest BCUT2D eigenvalue weighted by molar-refractivity contribution is 0.0825. The van der Waals surface area contributed by atoms with Gasteiger partial charge in [0.05, 0.1) is 11.3 Å². The van der Waals surface area contributed by atoms with E-state index in [1.165, 1.54) is 4.90 Å². The van der Waals surface area contributed by atoms with Crippen molar-refractivity contribution >= 4 is 11.6 Å². The molecule has 0 aliphatic rings. The Balaban J connectivity index is 0.000000745. The Kier molecular flexibility index (Phi) is 6.12. The second kappa shape index (κ2) is 7.61. The van der Waals surface area contributed by atoms with E-state index < -0.39 is 0 Å². The first-order chi connectivity index (χ1) is 10.4. The summed E-state index contributed by atoms with van der Waals surface area (Å²) < 4.78 is 1.67. The van der Waals surface area contributed by atoms with E-state index in [9.17, 15) is 9.90 Å². The molecule has 2 aromatic rings. The van der Waals surface area contributed by atoms with Crippen LogP contribution >= 0.6 is 0 Å². The molecule has 22 heavy (non-hydrogen) atoms. The molecule has 0 aliphatic carbocycles. The van der Waals surface area contributed by atoms with Gasteiger partial charge >= 0.3 is 0 Å². The normalized spacial score (nSPS) is 10.0. The number of allylic oxidation sites excluding steroid dienone is 1. The third kappa shape index (κ3) is 3.65. The predicted octanol–water partition coefficient (Wildman–Crippen LogP) is 1.78. The number of hydrogen-bond donors (Lipinski definition) is 2. The molecular weight excluding hydrogens is 282 g/mol. The number of hydrogen-bond acceptors (Lipinski definition) is 4. The number of amides is 1. The smallest absolute Gasteiger partial charge is 0.255 e. The van der Waals surface area contributed by atoms with E-state index in [4.69, 9.17) is 5.11 Å². The molecule has 120 valence electrons. The van der Waals surface area contributed by atoms with Gasteiger partial charge in [0.15, 0.2) is 11.4 Å². The van der Waals surface area contributed by atoms with Crippen LogP contribution in [0.15, 0.2) is 25.0 Å². The van der Waals surface area contributed by atoms with Gasteiger partial charge in [0.25, 0.3) is 5.91 Å². The number of aromatic hydroxyl groups is 1. The van der Waals surface area contributed by atoms with Crippen LogP contribution in [0.3, 0.4) is 0 Å². The zero-order valence-electron chi connectivity index (χ0n) is 13.5. The van der Waals surface area contributed by atoms with Crippen LogP contribution in [0.2, 0.25) is 0 Å². The SMILES string of the molecule is C=CCc1c(C(=O)N(C)C)cn2cc(C)nc2c1O.CCO. The summed E-state index contributed by atoms with van der Waals surface area (Å²) >= 11 is 0. The topological polar surface area (TPSA) is 78.1 Å². The lowest BCUT2D eigenvalue weighted by Gasteiger charge is -2.15. The zero-order chi connectivity index (χ0) is 16.9. The van der Waals surface area contributed by atoms with Crippen molar-refractivity contribution in [1.29, 1.82) is 0 Å². The number of aliphatic hydroxyl groups is 1. The second-order valence-electron chi connectivity index (χ2n) is 4.99. The molecule has 0 saturated heterocycles. The van der Waals surface area contributed by atoms with Crippen LogP contribution < -0.4 is 0 Å². The predicted molar refractivity (Wildman–Crippen MR) is 86.3 cm³/mol. The Bertz CT molecular complexity index is 675. The molecule has 0 unspecified atom stereocenters. The summed E-state index contributed by atoms with van der Waals surface area (Å²) in [5.74, 6) is -0.110. The minimum Gasteiger partial charge on any atom is -0.504 e. The maximum atomic E-state index is 12.2. The highest BCUT2D eigenvalue weighted by Crippen LogP contribution is 2.28. The van der Waals surface area contributed by atoms with Gasteiger partial charge in [0, 0.05) is 38.7 Å². The summed E-state index contributed by atoms with van der Waals surface area (Å²) in [4.78, 5) is 17.9. The van der Waals surface area contributed by atoms with Gasteiger partial charge in [0.2, 0.25) is 0 Å². The first-order valence-corrected chi connectivity index (χ1v) is 7.00. The second-order valence-corrected chi connectivity index (χ2v) is 4.99. The monoisotopic (exact) mass is 305 g/mol. The lowest BCUT2D eigenvalue weighted by atomic mass is 10.0. The van der Waals surface area contributed by atoms with E-state index in [1.807, 2.05) is 6.92 Å². The van der Waals surface area contributed by atoms with Crippen molar-refractivity contribution in [2.24, 2.45) is 0 Å². The van der Waals surface area contributed by atoms with E-state index in [-0.39, 0.29) is 18.3 Å². The molecule has 0 bridgehead atoms. The maximum absolute atomic E-state index is 12.2. The van der Waals surface area contributed by atoms with E-state index in [0.717, 1.165) is 5.69 Å². The molecule has 0 saturated carbocycles. The van der Waals surface area contributed by atoms with Crippen LogP contribution in [0.4, 0.5) is 0 Å². The van der Waals surface area contributed by atoms with Crippen LogP contribution in [-0.4, -0.2) is 51.1 Å². The van der Waals surface area contributed by atoms with Crippen LogP contribution in [0.5, 0.6) is 5.75 Å². The fourth-order valence-corrected chi connectivity index (χ4v) is 2.05. The molecular formula is C16H23N3O3. The fraction of sp³-hybridized carbons (Fsp3) is 0.375. The Morgan fingerprint density at radius 2 is 2.05 bits per heavy atom. The van der Waals surface area contributed by atoms with Crippen LogP contribution in [0.1, 0.15) is 28.5 Å². The van der Waals surface area contributed by atoms with E-state index in [1.54, 1.807) is 43.9 Å². The summed E-state index contributed by atoms with van der Waals surface area (Å²) in [6.45, 7) is 7.44. The third-order valence-corrected chi connectivity index (χ3v) is 2.93. The lowest BCUT2D eigenvalue weighted by Crippen LogP contribution is -2.23. The van der Waals surface area contributed by atoms with E-state index >= 15 is 0 Å². The van der Waals surface area contributed by atoms with Crippen molar-refractivity contribution in [3.8, 4) is 5.75 Å². The number of fused-ring (bicyclic) bond motifs is 1. The highest BCUT2D eigenvalue weighted by Gasteiger charge is 2.19. The summed E-state index contributed by atoms with van der Waals surface area (Å²) in [6, 6.07) is 0. The van der Waals surface area contributed by atoms with Crippen molar-refractivity contribution in [3.05, 3.63) is 41.9 Å². The van der Waals surface area contributed by atoms with Gasteiger partial charge in [-0.3, -0.25) is 4.79 Å². The Labute approximate surface area is 130 Å². The molecule has 6 nitrogen and oxygen atoms in total. The Morgan fingerprint density at radius 3 is 2.55 bits per heavy atom.